The average molecular weight is 170 g/mol. The Balaban J connectivity index is 2.75. The van der Waals surface area contributed by atoms with Gasteiger partial charge >= 0.3 is 0 Å². The highest BCUT2D eigenvalue weighted by molar-refractivity contribution is 5.47. The van der Waals surface area contributed by atoms with Crippen molar-refractivity contribution in [2.24, 2.45) is 0 Å². The molecule has 1 heterocycles. The molecule has 0 spiro atoms. The maximum atomic E-state index is 12.5. The Morgan fingerprint density at radius 2 is 2.33 bits per heavy atom. The highest BCUT2D eigenvalue weighted by Crippen LogP contribution is 2.17. The van der Waals surface area contributed by atoms with Crippen LogP contribution in [0.3, 0.4) is 0 Å². The van der Waals surface area contributed by atoms with Gasteiger partial charge in [-0.25, -0.2) is 0 Å². The molecule has 0 aliphatic heterocycles. The van der Waals surface area contributed by atoms with E-state index in [1.807, 2.05) is 6.92 Å². The average Bonchev–Trinajstić information content (AvgIpc) is 2.07. The molecule has 3 nitrogen and oxygen atoms in total. The number of ether oxygens (including phenoxy) is 1. The van der Waals surface area contributed by atoms with Crippen molar-refractivity contribution in [3.63, 3.8) is 0 Å². The highest BCUT2D eigenvalue weighted by Gasteiger charge is 2.02. The molecule has 66 valence electrons. The molecule has 1 aromatic heterocycles. The minimum Gasteiger partial charge on any atom is -0.476 e. The fourth-order valence-corrected chi connectivity index (χ4v) is 0.743. The molecular formula is C8H11FN2O. The van der Waals surface area contributed by atoms with Crippen LogP contribution in [-0.2, 0) is 0 Å². The summed E-state index contributed by atoms with van der Waals surface area (Å²) in [6.07, 6.45) is 0.845. The first-order valence-electron chi connectivity index (χ1n) is 3.79. The van der Waals surface area contributed by atoms with Crippen LogP contribution < -0.4 is 10.5 Å². The zero-order chi connectivity index (χ0) is 8.97. The third kappa shape index (κ3) is 2.08. The number of hydrogen-bond acceptors (Lipinski definition) is 3. The number of halogens is 1. The van der Waals surface area contributed by atoms with Crippen LogP contribution in [0.1, 0.15) is 13.3 Å². The molecule has 0 bridgehead atoms. The van der Waals surface area contributed by atoms with E-state index in [9.17, 15) is 4.39 Å². The van der Waals surface area contributed by atoms with Gasteiger partial charge in [0, 0.05) is 0 Å². The summed E-state index contributed by atoms with van der Waals surface area (Å²) in [5.41, 5.74) is 5.84. The van der Waals surface area contributed by atoms with E-state index >= 15 is 0 Å². The molecule has 0 saturated heterocycles. The fourth-order valence-electron chi connectivity index (χ4n) is 0.743. The first kappa shape index (κ1) is 8.77. The van der Waals surface area contributed by atoms with Gasteiger partial charge in [-0.15, -0.1) is 0 Å². The van der Waals surface area contributed by atoms with E-state index in [-0.39, 0.29) is 5.88 Å². The highest BCUT2D eigenvalue weighted by atomic mass is 19.1. The number of nitrogens with zero attached hydrogens (tertiary/aromatic N) is 1. The number of nitrogens with two attached hydrogens (primary N) is 1. The molecule has 0 fully saturated rings. The van der Waals surface area contributed by atoms with Crippen LogP contribution in [0.5, 0.6) is 5.88 Å². The molecule has 12 heavy (non-hydrogen) atoms. The number of aromatic nitrogens is 1. The maximum Gasteiger partial charge on any atom is 0.239 e. The predicted molar refractivity (Wildman–Crippen MR) is 44.4 cm³/mol. The summed E-state index contributed by atoms with van der Waals surface area (Å²) in [7, 11) is 0. The molecule has 2 N–H and O–H groups in total. The Hall–Kier alpha value is -1.32. The largest absolute Gasteiger partial charge is 0.476 e. The van der Waals surface area contributed by atoms with E-state index in [1.165, 1.54) is 12.1 Å². The van der Waals surface area contributed by atoms with Crippen LogP contribution in [0.25, 0.3) is 0 Å². The Morgan fingerprint density at radius 1 is 1.58 bits per heavy atom. The van der Waals surface area contributed by atoms with E-state index in [4.69, 9.17) is 10.5 Å². The number of pyridine rings is 1. The first-order chi connectivity index (χ1) is 5.74. The SMILES string of the molecule is CCCOc1nc(F)ccc1N. The monoisotopic (exact) mass is 170 g/mol. The Morgan fingerprint density at radius 3 is 3.00 bits per heavy atom. The van der Waals surface area contributed by atoms with E-state index in [0.717, 1.165) is 6.42 Å². The molecule has 0 aromatic carbocycles. The Bertz CT molecular complexity index is 265. The summed E-state index contributed by atoms with van der Waals surface area (Å²) >= 11 is 0. The molecule has 0 atom stereocenters. The zero-order valence-electron chi connectivity index (χ0n) is 6.88. The molecule has 0 unspecified atom stereocenters. The van der Waals surface area contributed by atoms with Crippen LogP contribution in [0.4, 0.5) is 10.1 Å². The van der Waals surface area contributed by atoms with Crippen molar-refractivity contribution in [1.29, 1.82) is 0 Å². The second-order valence-corrected chi connectivity index (χ2v) is 2.38. The summed E-state index contributed by atoms with van der Waals surface area (Å²) in [4.78, 5) is 3.50. The summed E-state index contributed by atoms with van der Waals surface area (Å²) in [6, 6.07) is 2.64. The van der Waals surface area contributed by atoms with Gasteiger partial charge in [-0.2, -0.15) is 9.37 Å². The maximum absolute atomic E-state index is 12.5. The van der Waals surface area contributed by atoms with Gasteiger partial charge in [0.05, 0.1) is 12.3 Å². The number of anilines is 1. The molecule has 0 radical (unpaired) electrons. The van der Waals surface area contributed by atoms with Crippen LogP contribution in [0.2, 0.25) is 0 Å². The van der Waals surface area contributed by atoms with Crippen molar-refractivity contribution in [1.82, 2.24) is 4.98 Å². The van der Waals surface area contributed by atoms with E-state index < -0.39 is 5.95 Å². The lowest BCUT2D eigenvalue weighted by Crippen LogP contribution is -2.02. The summed E-state index contributed by atoms with van der Waals surface area (Å²) in [5, 5.41) is 0. The van der Waals surface area contributed by atoms with Crippen molar-refractivity contribution < 1.29 is 9.13 Å². The van der Waals surface area contributed by atoms with Crippen molar-refractivity contribution in [3.05, 3.63) is 18.1 Å². The van der Waals surface area contributed by atoms with Gasteiger partial charge < -0.3 is 10.5 Å². The lowest BCUT2D eigenvalue weighted by molar-refractivity contribution is 0.302. The minimum absolute atomic E-state index is 0.178. The van der Waals surface area contributed by atoms with Crippen molar-refractivity contribution in [2.75, 3.05) is 12.3 Å². The molecule has 4 heteroatoms. The lowest BCUT2D eigenvalue weighted by atomic mass is 10.4. The van der Waals surface area contributed by atoms with Gasteiger partial charge in [-0.1, -0.05) is 6.92 Å². The predicted octanol–water partition coefficient (Wildman–Crippen LogP) is 1.59. The lowest BCUT2D eigenvalue weighted by Gasteiger charge is -2.05. The van der Waals surface area contributed by atoms with Crippen molar-refractivity contribution in [3.8, 4) is 5.88 Å². The van der Waals surface area contributed by atoms with E-state index in [1.54, 1.807) is 0 Å². The minimum atomic E-state index is -0.574. The second kappa shape index (κ2) is 3.90. The fraction of sp³-hybridized carbons (Fsp3) is 0.375. The Kier molecular flexibility index (Phi) is 2.85. The van der Waals surface area contributed by atoms with Gasteiger partial charge in [0.2, 0.25) is 11.8 Å². The molecule has 0 aliphatic rings. The normalized spacial score (nSPS) is 9.83. The summed E-state index contributed by atoms with van der Waals surface area (Å²) in [5.74, 6) is -0.396. The van der Waals surface area contributed by atoms with Gasteiger partial charge in [-0.05, 0) is 18.6 Å². The van der Waals surface area contributed by atoms with Crippen molar-refractivity contribution in [2.45, 2.75) is 13.3 Å². The van der Waals surface area contributed by atoms with Crippen molar-refractivity contribution >= 4 is 5.69 Å². The van der Waals surface area contributed by atoms with Crippen LogP contribution >= 0.6 is 0 Å². The summed E-state index contributed by atoms with van der Waals surface area (Å²) in [6.45, 7) is 2.45. The van der Waals surface area contributed by atoms with Gasteiger partial charge in [0.25, 0.3) is 0 Å². The first-order valence-corrected chi connectivity index (χ1v) is 3.79. The van der Waals surface area contributed by atoms with Gasteiger partial charge in [0.15, 0.2) is 0 Å². The molecular weight excluding hydrogens is 159 g/mol. The van der Waals surface area contributed by atoms with Crippen LogP contribution in [-0.4, -0.2) is 11.6 Å². The number of nitrogen functional groups attached to an aromatic ring is 1. The van der Waals surface area contributed by atoms with Crippen LogP contribution in [0, 0.1) is 5.95 Å². The third-order valence-corrected chi connectivity index (χ3v) is 1.30. The molecule has 1 aromatic rings. The smallest absolute Gasteiger partial charge is 0.239 e. The quantitative estimate of drug-likeness (QED) is 0.701. The van der Waals surface area contributed by atoms with Gasteiger partial charge in [0.1, 0.15) is 0 Å². The summed E-state index contributed by atoms with van der Waals surface area (Å²) < 4.78 is 17.6. The molecule has 1 rings (SSSR count). The number of rotatable bonds is 3. The third-order valence-electron chi connectivity index (χ3n) is 1.30. The topological polar surface area (TPSA) is 48.1 Å². The number of hydrogen-bond donors (Lipinski definition) is 1. The van der Waals surface area contributed by atoms with Gasteiger partial charge in [-0.3, -0.25) is 0 Å². The molecule has 0 amide bonds. The standard InChI is InChI=1S/C8H11FN2O/c1-2-5-12-8-6(10)3-4-7(9)11-8/h3-4H,2,5,10H2,1H3. The van der Waals surface area contributed by atoms with Crippen LogP contribution in [0.15, 0.2) is 12.1 Å². The Labute approximate surface area is 70.4 Å². The van der Waals surface area contributed by atoms with E-state index in [0.29, 0.717) is 12.3 Å². The second-order valence-electron chi connectivity index (χ2n) is 2.38. The molecule has 0 saturated carbocycles. The molecule has 0 aliphatic carbocycles. The zero-order valence-corrected chi connectivity index (χ0v) is 6.88. The van der Waals surface area contributed by atoms with E-state index in [2.05, 4.69) is 4.98 Å².